The highest BCUT2D eigenvalue weighted by Gasteiger charge is 2.16. The lowest BCUT2D eigenvalue weighted by Crippen LogP contribution is -2.35. The number of carbonyl (C=O) groups is 1. The Morgan fingerprint density at radius 3 is 2.60 bits per heavy atom. The second kappa shape index (κ2) is 8.44. The van der Waals surface area contributed by atoms with Crippen LogP contribution < -0.4 is 5.73 Å². The zero-order valence-corrected chi connectivity index (χ0v) is 16.3. The van der Waals surface area contributed by atoms with Gasteiger partial charge in [0, 0.05) is 30.9 Å². The molecular weight excluding hydrogens is 384 g/mol. The van der Waals surface area contributed by atoms with Crippen LogP contribution in [0.15, 0.2) is 48.7 Å². The molecule has 0 unspecified atom stereocenters. The summed E-state index contributed by atoms with van der Waals surface area (Å²) in [4.78, 5) is 13.6. The number of aromatic carboxylic acids is 1. The van der Waals surface area contributed by atoms with E-state index in [0.29, 0.717) is 16.9 Å². The zero-order valence-electron chi connectivity index (χ0n) is 16.3. The number of benzene rings is 2. The molecule has 2 aromatic carbocycles. The van der Waals surface area contributed by atoms with Crippen LogP contribution in [0.4, 0.5) is 5.69 Å². The number of nitrogens with one attached hydrogen (secondary N) is 1. The van der Waals surface area contributed by atoms with Gasteiger partial charge in [-0.15, -0.1) is 5.10 Å². The number of aromatic nitrogens is 3. The average molecular weight is 406 g/mol. The predicted molar refractivity (Wildman–Crippen MR) is 111 cm³/mol. The lowest BCUT2D eigenvalue weighted by molar-refractivity contribution is 0.0342. The van der Waals surface area contributed by atoms with Gasteiger partial charge in [-0.2, -0.15) is 0 Å². The second-order valence-corrected chi connectivity index (χ2v) is 7.09. The van der Waals surface area contributed by atoms with Crippen molar-refractivity contribution in [2.45, 2.75) is 6.54 Å². The molecule has 0 atom stereocenters. The molecule has 1 aliphatic rings. The standard InChI is InChI=1S/C21H22N6O3/c22-18-6-3-15(21(28)29)11-17(18)20(23)19-13-27(25-24-19)16-4-1-14(2-5-16)12-26-7-9-30-10-8-26/h1-6,11,13,23H,7-10,12,22H2,(H,28,29). The van der Waals surface area contributed by atoms with Crippen LogP contribution >= 0.6 is 0 Å². The van der Waals surface area contributed by atoms with Crippen molar-refractivity contribution in [3.05, 3.63) is 71.0 Å². The highest BCUT2D eigenvalue weighted by atomic mass is 16.5. The third-order valence-electron chi connectivity index (χ3n) is 5.03. The molecule has 1 aliphatic heterocycles. The van der Waals surface area contributed by atoms with Gasteiger partial charge in [0.05, 0.1) is 36.4 Å². The SMILES string of the molecule is N=C(c1cn(-c2ccc(CN3CCOCC3)cc2)nn1)c1cc(C(=O)O)ccc1N. The van der Waals surface area contributed by atoms with Crippen LogP contribution in [-0.2, 0) is 11.3 Å². The summed E-state index contributed by atoms with van der Waals surface area (Å²) in [5.74, 6) is -1.08. The molecule has 9 nitrogen and oxygen atoms in total. The van der Waals surface area contributed by atoms with Crippen molar-refractivity contribution in [3.8, 4) is 5.69 Å². The zero-order chi connectivity index (χ0) is 21.1. The quantitative estimate of drug-likeness (QED) is 0.420. The topological polar surface area (TPSA) is 130 Å². The van der Waals surface area contributed by atoms with Crippen LogP contribution in [0.1, 0.15) is 27.2 Å². The Labute approximate surface area is 173 Å². The van der Waals surface area contributed by atoms with Gasteiger partial charge in [0.2, 0.25) is 0 Å². The van der Waals surface area contributed by atoms with Gasteiger partial charge < -0.3 is 15.6 Å². The maximum atomic E-state index is 11.2. The number of carboxylic acid groups (broad SMARTS) is 1. The Morgan fingerprint density at radius 2 is 1.90 bits per heavy atom. The van der Waals surface area contributed by atoms with E-state index in [1.807, 2.05) is 24.3 Å². The van der Waals surface area contributed by atoms with Crippen LogP contribution in [-0.4, -0.2) is 63.0 Å². The summed E-state index contributed by atoms with van der Waals surface area (Å²) in [6.45, 7) is 4.28. The first-order valence-corrected chi connectivity index (χ1v) is 9.55. The number of hydrogen-bond acceptors (Lipinski definition) is 7. The van der Waals surface area contributed by atoms with Gasteiger partial charge in [-0.1, -0.05) is 17.3 Å². The number of morpholine rings is 1. The predicted octanol–water partition coefficient (Wildman–Crippen LogP) is 1.80. The van der Waals surface area contributed by atoms with Crippen molar-refractivity contribution in [2.75, 3.05) is 32.0 Å². The van der Waals surface area contributed by atoms with Crippen molar-refractivity contribution >= 4 is 17.4 Å². The molecule has 0 aliphatic carbocycles. The van der Waals surface area contributed by atoms with Crippen molar-refractivity contribution in [1.29, 1.82) is 5.41 Å². The monoisotopic (exact) mass is 406 g/mol. The van der Waals surface area contributed by atoms with Gasteiger partial charge >= 0.3 is 5.97 Å². The summed E-state index contributed by atoms with van der Waals surface area (Å²) in [5, 5.41) is 25.7. The van der Waals surface area contributed by atoms with Crippen molar-refractivity contribution in [1.82, 2.24) is 19.9 Å². The van der Waals surface area contributed by atoms with Gasteiger partial charge in [0.25, 0.3) is 0 Å². The van der Waals surface area contributed by atoms with E-state index < -0.39 is 5.97 Å². The molecular formula is C21H22N6O3. The van der Waals surface area contributed by atoms with Gasteiger partial charge in [-0.05, 0) is 35.9 Å². The molecule has 2 heterocycles. The van der Waals surface area contributed by atoms with Gasteiger partial charge in [0.1, 0.15) is 5.69 Å². The molecule has 0 spiro atoms. The van der Waals surface area contributed by atoms with E-state index in [-0.39, 0.29) is 11.3 Å². The fourth-order valence-corrected chi connectivity index (χ4v) is 3.32. The van der Waals surface area contributed by atoms with E-state index in [4.69, 9.17) is 15.9 Å². The molecule has 154 valence electrons. The molecule has 0 saturated carbocycles. The molecule has 30 heavy (non-hydrogen) atoms. The Hall–Kier alpha value is -3.56. The molecule has 0 bridgehead atoms. The normalized spacial score (nSPS) is 14.5. The molecule has 4 rings (SSSR count). The highest BCUT2D eigenvalue weighted by molar-refractivity contribution is 6.13. The van der Waals surface area contributed by atoms with E-state index >= 15 is 0 Å². The summed E-state index contributed by atoms with van der Waals surface area (Å²) in [7, 11) is 0. The van der Waals surface area contributed by atoms with Crippen molar-refractivity contribution in [3.63, 3.8) is 0 Å². The smallest absolute Gasteiger partial charge is 0.335 e. The van der Waals surface area contributed by atoms with Crippen LogP contribution in [0.2, 0.25) is 0 Å². The minimum absolute atomic E-state index is 0.0192. The number of ether oxygens (including phenoxy) is 1. The van der Waals surface area contributed by atoms with E-state index in [1.165, 1.54) is 23.8 Å². The lowest BCUT2D eigenvalue weighted by atomic mass is 10.0. The Morgan fingerprint density at radius 1 is 1.17 bits per heavy atom. The van der Waals surface area contributed by atoms with Gasteiger partial charge in [-0.25, -0.2) is 9.48 Å². The Bertz CT molecular complexity index is 1070. The molecule has 0 radical (unpaired) electrons. The summed E-state index contributed by atoms with van der Waals surface area (Å²) < 4.78 is 6.96. The second-order valence-electron chi connectivity index (χ2n) is 7.09. The highest BCUT2D eigenvalue weighted by Crippen LogP contribution is 2.19. The van der Waals surface area contributed by atoms with Crippen LogP contribution in [0.25, 0.3) is 5.69 Å². The van der Waals surface area contributed by atoms with E-state index in [2.05, 4.69) is 15.2 Å². The van der Waals surface area contributed by atoms with Crippen LogP contribution in [0, 0.1) is 5.41 Å². The van der Waals surface area contributed by atoms with E-state index in [1.54, 1.807) is 10.9 Å². The first kappa shape index (κ1) is 19.7. The molecule has 3 aromatic rings. The average Bonchev–Trinajstić information content (AvgIpc) is 3.25. The van der Waals surface area contributed by atoms with E-state index in [0.717, 1.165) is 38.5 Å². The Balaban J connectivity index is 1.50. The first-order valence-electron chi connectivity index (χ1n) is 9.55. The minimum Gasteiger partial charge on any atom is -0.478 e. The molecule has 1 saturated heterocycles. The Kier molecular flexibility index (Phi) is 5.55. The summed E-state index contributed by atoms with van der Waals surface area (Å²) in [5.41, 5.74) is 8.97. The minimum atomic E-state index is -1.08. The summed E-state index contributed by atoms with van der Waals surface area (Å²) in [6, 6.07) is 12.3. The van der Waals surface area contributed by atoms with Gasteiger partial charge in [0.15, 0.2) is 0 Å². The van der Waals surface area contributed by atoms with Crippen molar-refractivity contribution in [2.24, 2.45) is 0 Å². The maximum Gasteiger partial charge on any atom is 0.335 e. The summed E-state index contributed by atoms with van der Waals surface area (Å²) >= 11 is 0. The number of nitrogen functional groups attached to an aromatic ring is 1. The number of nitrogens with zero attached hydrogens (tertiary/aromatic N) is 4. The summed E-state index contributed by atoms with van der Waals surface area (Å²) in [6.07, 6.45) is 1.63. The fourth-order valence-electron chi connectivity index (χ4n) is 3.32. The van der Waals surface area contributed by atoms with Crippen molar-refractivity contribution < 1.29 is 14.6 Å². The number of hydrogen-bond donors (Lipinski definition) is 3. The van der Waals surface area contributed by atoms with Crippen LogP contribution in [0.5, 0.6) is 0 Å². The maximum absolute atomic E-state index is 11.2. The third-order valence-corrected chi connectivity index (χ3v) is 5.03. The molecule has 1 fully saturated rings. The number of carboxylic acids is 1. The fraction of sp³-hybridized carbons (Fsp3) is 0.238. The van der Waals surface area contributed by atoms with Crippen LogP contribution in [0.3, 0.4) is 0 Å². The molecule has 9 heteroatoms. The molecule has 1 aromatic heterocycles. The lowest BCUT2D eigenvalue weighted by Gasteiger charge is -2.26. The van der Waals surface area contributed by atoms with E-state index in [9.17, 15) is 9.90 Å². The van der Waals surface area contributed by atoms with Gasteiger partial charge in [-0.3, -0.25) is 10.3 Å². The number of nitrogens with two attached hydrogens (primary N) is 1. The molecule has 4 N–H and O–H groups in total. The number of rotatable bonds is 6. The largest absolute Gasteiger partial charge is 0.478 e. The molecule has 0 amide bonds. The third kappa shape index (κ3) is 4.22. The first-order chi connectivity index (χ1) is 14.5. The number of anilines is 1.